The van der Waals surface area contributed by atoms with E-state index in [1.54, 1.807) is 12.1 Å². The van der Waals surface area contributed by atoms with Gasteiger partial charge < -0.3 is 15.3 Å². The fourth-order valence-corrected chi connectivity index (χ4v) is 3.30. The number of carboxylic acid groups (broad SMARTS) is 1. The van der Waals surface area contributed by atoms with Crippen LogP contribution < -0.4 is 5.32 Å². The zero-order valence-electron chi connectivity index (χ0n) is 11.5. The number of urea groups is 1. The van der Waals surface area contributed by atoms with Crippen molar-refractivity contribution in [2.24, 2.45) is 5.92 Å². The number of aliphatic carboxylic acids is 1. The van der Waals surface area contributed by atoms with Gasteiger partial charge in [-0.3, -0.25) is 0 Å². The number of amides is 2. The van der Waals surface area contributed by atoms with Crippen LogP contribution in [-0.2, 0) is 4.79 Å². The molecule has 21 heavy (non-hydrogen) atoms. The van der Waals surface area contributed by atoms with E-state index >= 15 is 0 Å². The van der Waals surface area contributed by atoms with Crippen LogP contribution in [-0.4, -0.2) is 34.6 Å². The summed E-state index contributed by atoms with van der Waals surface area (Å²) in [6, 6.07) is 4.08. The van der Waals surface area contributed by atoms with Gasteiger partial charge in [0.25, 0.3) is 0 Å². The van der Waals surface area contributed by atoms with Crippen LogP contribution in [0.15, 0.2) is 18.2 Å². The zero-order chi connectivity index (χ0) is 15.6. The van der Waals surface area contributed by atoms with Crippen molar-refractivity contribution in [2.75, 3.05) is 11.9 Å². The number of hydrogen-bond donors (Lipinski definition) is 2. The van der Waals surface area contributed by atoms with Crippen LogP contribution in [0.1, 0.15) is 19.8 Å². The van der Waals surface area contributed by atoms with Crippen LogP contribution in [0.5, 0.6) is 0 Å². The summed E-state index contributed by atoms with van der Waals surface area (Å²) in [6.07, 6.45) is 1.28. The molecule has 1 aliphatic rings. The molecule has 0 radical (unpaired) electrons. The number of rotatable bonds is 2. The Morgan fingerprint density at radius 3 is 2.81 bits per heavy atom. The van der Waals surface area contributed by atoms with E-state index in [9.17, 15) is 14.7 Å². The SMILES string of the molecule is CC1CCN(C(=O)Nc2ccc(I)cc2Cl)C(C(=O)O)C1. The number of carboxylic acids is 1. The molecular formula is C14H16ClIN2O3. The van der Waals surface area contributed by atoms with Crippen molar-refractivity contribution in [2.45, 2.75) is 25.8 Å². The lowest BCUT2D eigenvalue weighted by atomic mass is 9.93. The molecule has 2 N–H and O–H groups in total. The van der Waals surface area contributed by atoms with Gasteiger partial charge in [-0.05, 0) is 59.5 Å². The van der Waals surface area contributed by atoms with Gasteiger partial charge in [-0.2, -0.15) is 0 Å². The van der Waals surface area contributed by atoms with Gasteiger partial charge in [-0.25, -0.2) is 9.59 Å². The molecule has 0 bridgehead atoms. The van der Waals surface area contributed by atoms with Gasteiger partial charge in [-0.1, -0.05) is 18.5 Å². The summed E-state index contributed by atoms with van der Waals surface area (Å²) in [4.78, 5) is 25.0. The van der Waals surface area contributed by atoms with Crippen molar-refractivity contribution in [1.82, 2.24) is 4.90 Å². The average Bonchev–Trinajstić information content (AvgIpc) is 2.41. The molecule has 2 unspecified atom stereocenters. The van der Waals surface area contributed by atoms with Crippen LogP contribution in [0.2, 0.25) is 5.02 Å². The molecule has 1 fully saturated rings. The average molecular weight is 423 g/mol. The Kier molecular flexibility index (Phi) is 5.32. The van der Waals surface area contributed by atoms with Gasteiger partial charge in [0.2, 0.25) is 0 Å². The van der Waals surface area contributed by atoms with Crippen molar-refractivity contribution >= 4 is 51.9 Å². The summed E-state index contributed by atoms with van der Waals surface area (Å²) in [5.41, 5.74) is 0.491. The molecule has 0 saturated carbocycles. The molecule has 0 aromatic heterocycles. The van der Waals surface area contributed by atoms with Crippen molar-refractivity contribution in [3.63, 3.8) is 0 Å². The highest BCUT2D eigenvalue weighted by Gasteiger charge is 2.34. The fourth-order valence-electron chi connectivity index (χ4n) is 2.40. The monoisotopic (exact) mass is 422 g/mol. The first-order valence-electron chi connectivity index (χ1n) is 6.64. The largest absolute Gasteiger partial charge is 0.480 e. The van der Waals surface area contributed by atoms with Crippen LogP contribution in [0.3, 0.4) is 0 Å². The summed E-state index contributed by atoms with van der Waals surface area (Å²) in [7, 11) is 0. The van der Waals surface area contributed by atoms with Crippen LogP contribution in [0, 0.1) is 9.49 Å². The summed E-state index contributed by atoms with van der Waals surface area (Å²) in [6.45, 7) is 2.44. The van der Waals surface area contributed by atoms with E-state index in [0.717, 1.165) is 9.99 Å². The zero-order valence-corrected chi connectivity index (χ0v) is 14.4. The predicted molar refractivity (Wildman–Crippen MR) is 89.7 cm³/mol. The molecule has 1 aliphatic heterocycles. The van der Waals surface area contributed by atoms with Gasteiger partial charge in [0, 0.05) is 10.1 Å². The number of nitrogens with one attached hydrogen (secondary N) is 1. The molecular weight excluding hydrogens is 407 g/mol. The Morgan fingerprint density at radius 2 is 2.19 bits per heavy atom. The highest BCUT2D eigenvalue weighted by atomic mass is 127. The second-order valence-electron chi connectivity index (χ2n) is 5.23. The molecule has 1 heterocycles. The predicted octanol–water partition coefficient (Wildman–Crippen LogP) is 3.66. The molecule has 1 aromatic carbocycles. The number of benzene rings is 1. The Morgan fingerprint density at radius 1 is 1.48 bits per heavy atom. The van der Waals surface area contributed by atoms with E-state index in [1.807, 2.05) is 13.0 Å². The smallest absolute Gasteiger partial charge is 0.326 e. The third-order valence-electron chi connectivity index (χ3n) is 3.58. The van der Waals surface area contributed by atoms with Crippen LogP contribution in [0.4, 0.5) is 10.5 Å². The Labute approximate surface area is 141 Å². The van der Waals surface area contributed by atoms with Crippen molar-refractivity contribution < 1.29 is 14.7 Å². The van der Waals surface area contributed by atoms with Crippen LogP contribution >= 0.6 is 34.2 Å². The second kappa shape index (κ2) is 6.83. The van der Waals surface area contributed by atoms with E-state index in [2.05, 4.69) is 27.9 Å². The molecule has 2 rings (SSSR count). The minimum Gasteiger partial charge on any atom is -0.480 e. The number of carbonyl (C=O) groups excluding carboxylic acids is 1. The normalized spacial score (nSPS) is 22.0. The van der Waals surface area contributed by atoms with Crippen molar-refractivity contribution in [3.05, 3.63) is 26.8 Å². The summed E-state index contributed by atoms with van der Waals surface area (Å²) >= 11 is 8.21. The number of halogens is 2. The standard InChI is InChI=1S/C14H16ClIN2O3/c1-8-4-5-18(12(6-8)13(19)20)14(21)17-11-3-2-9(16)7-10(11)15/h2-3,7-8,12H,4-6H2,1H3,(H,17,21)(H,19,20). The third-order valence-corrected chi connectivity index (χ3v) is 4.57. The second-order valence-corrected chi connectivity index (χ2v) is 6.88. The molecule has 7 heteroatoms. The number of piperidine rings is 1. The highest BCUT2D eigenvalue weighted by molar-refractivity contribution is 14.1. The molecule has 2 atom stereocenters. The van der Waals surface area contributed by atoms with Gasteiger partial charge in [0.1, 0.15) is 6.04 Å². The first-order chi connectivity index (χ1) is 9.88. The number of carbonyl (C=O) groups is 2. The molecule has 0 aliphatic carbocycles. The lowest BCUT2D eigenvalue weighted by molar-refractivity contribution is -0.143. The molecule has 1 aromatic rings. The Hall–Kier alpha value is -1.02. The minimum atomic E-state index is -0.967. The summed E-state index contributed by atoms with van der Waals surface area (Å²) in [5, 5.41) is 12.4. The van der Waals surface area contributed by atoms with Gasteiger partial charge >= 0.3 is 12.0 Å². The molecule has 1 saturated heterocycles. The maximum Gasteiger partial charge on any atom is 0.326 e. The molecule has 0 spiro atoms. The minimum absolute atomic E-state index is 0.303. The highest BCUT2D eigenvalue weighted by Crippen LogP contribution is 2.27. The number of nitrogens with zero attached hydrogens (tertiary/aromatic N) is 1. The van der Waals surface area contributed by atoms with Crippen LogP contribution in [0.25, 0.3) is 0 Å². The third kappa shape index (κ3) is 4.00. The topological polar surface area (TPSA) is 69.6 Å². The van der Waals surface area contributed by atoms with E-state index < -0.39 is 18.0 Å². The summed E-state index contributed by atoms with van der Waals surface area (Å²) in [5.74, 6) is -0.664. The lowest BCUT2D eigenvalue weighted by Crippen LogP contribution is -2.51. The first kappa shape index (κ1) is 16.4. The maximum absolute atomic E-state index is 12.3. The van der Waals surface area contributed by atoms with E-state index in [0.29, 0.717) is 29.6 Å². The quantitative estimate of drug-likeness (QED) is 0.715. The fraction of sp³-hybridized carbons (Fsp3) is 0.429. The Bertz CT molecular complexity index is 567. The summed E-state index contributed by atoms with van der Waals surface area (Å²) < 4.78 is 0.964. The van der Waals surface area contributed by atoms with E-state index in [-0.39, 0.29) is 0 Å². The first-order valence-corrected chi connectivity index (χ1v) is 8.09. The Balaban J connectivity index is 2.13. The number of likely N-dealkylation sites (tertiary alicyclic amines) is 1. The lowest BCUT2D eigenvalue weighted by Gasteiger charge is -2.35. The maximum atomic E-state index is 12.3. The van der Waals surface area contributed by atoms with E-state index in [1.165, 1.54) is 4.90 Å². The number of hydrogen-bond acceptors (Lipinski definition) is 2. The van der Waals surface area contributed by atoms with Gasteiger partial charge in [0.15, 0.2) is 0 Å². The van der Waals surface area contributed by atoms with Gasteiger partial charge in [0.05, 0.1) is 10.7 Å². The van der Waals surface area contributed by atoms with E-state index in [4.69, 9.17) is 11.6 Å². The van der Waals surface area contributed by atoms with Gasteiger partial charge in [-0.15, -0.1) is 0 Å². The van der Waals surface area contributed by atoms with Crippen molar-refractivity contribution in [1.29, 1.82) is 0 Å². The molecule has 5 nitrogen and oxygen atoms in total. The molecule has 114 valence electrons. The van der Waals surface area contributed by atoms with Crippen molar-refractivity contribution in [3.8, 4) is 0 Å². The number of anilines is 1. The molecule has 2 amide bonds.